The van der Waals surface area contributed by atoms with E-state index in [9.17, 15) is 0 Å². The van der Waals surface area contributed by atoms with E-state index in [1.807, 2.05) is 36.4 Å². The smallest absolute Gasteiger partial charge is 0.186 e. The van der Waals surface area contributed by atoms with E-state index in [1.54, 1.807) is 0 Å². The van der Waals surface area contributed by atoms with Crippen LogP contribution in [0.5, 0.6) is 5.75 Å². The molecule has 2 aromatic rings. The van der Waals surface area contributed by atoms with Gasteiger partial charge in [0.25, 0.3) is 0 Å². The summed E-state index contributed by atoms with van der Waals surface area (Å²) >= 11 is 0. The van der Waals surface area contributed by atoms with Crippen molar-refractivity contribution in [3.05, 3.63) is 54.1 Å². The summed E-state index contributed by atoms with van der Waals surface area (Å²) in [6.45, 7) is 8.09. The van der Waals surface area contributed by atoms with E-state index in [0.29, 0.717) is 5.56 Å². The van der Waals surface area contributed by atoms with Gasteiger partial charge >= 0.3 is 0 Å². The number of nitriles is 1. The average molecular weight is 340 g/mol. The fraction of sp³-hybridized carbons (Fsp3) is 0.350. The number of ether oxygens (including phenoxy) is 1. The Morgan fingerprint density at radius 2 is 1.54 bits per heavy atom. The molecule has 0 unspecified atom stereocenters. The fourth-order valence-electron chi connectivity index (χ4n) is 2.63. The zero-order chi connectivity index (χ0) is 17.4. The van der Waals surface area contributed by atoms with Crippen molar-refractivity contribution >= 4 is 8.32 Å². The highest BCUT2D eigenvalue weighted by Crippen LogP contribution is 2.23. The number of hydrogen-bond donors (Lipinski definition) is 0. The van der Waals surface area contributed by atoms with Gasteiger partial charge in [-0.25, -0.2) is 0 Å². The zero-order valence-corrected chi connectivity index (χ0v) is 15.7. The Hall–Kier alpha value is -2.09. The Balaban J connectivity index is 1.85. The first-order valence-electron chi connectivity index (χ1n) is 8.41. The van der Waals surface area contributed by atoms with E-state index in [-0.39, 0.29) is 0 Å². The number of benzene rings is 2. The monoisotopic (exact) mass is 339 g/mol. The van der Waals surface area contributed by atoms with Crippen molar-refractivity contribution in [3.63, 3.8) is 0 Å². The van der Waals surface area contributed by atoms with Crippen LogP contribution in [-0.4, -0.2) is 21.5 Å². The molecule has 0 radical (unpaired) electrons. The molecule has 2 aromatic carbocycles. The van der Waals surface area contributed by atoms with Crippen LogP contribution in [0.1, 0.15) is 18.9 Å². The molecule has 24 heavy (non-hydrogen) atoms. The summed E-state index contributed by atoms with van der Waals surface area (Å²) < 4.78 is 11.7. The molecule has 0 aliphatic heterocycles. The van der Waals surface area contributed by atoms with Gasteiger partial charge in [-0.1, -0.05) is 24.3 Å². The first-order valence-corrected chi connectivity index (χ1v) is 11.5. The van der Waals surface area contributed by atoms with Crippen LogP contribution in [0.3, 0.4) is 0 Å². The highest BCUT2D eigenvalue weighted by molar-refractivity contribution is 6.71. The van der Waals surface area contributed by atoms with Crippen LogP contribution in [0.15, 0.2) is 48.5 Å². The topological polar surface area (TPSA) is 42.2 Å². The third-order valence-electron chi connectivity index (χ3n) is 3.93. The molecule has 0 aromatic heterocycles. The minimum atomic E-state index is -1.51. The highest BCUT2D eigenvalue weighted by atomic mass is 28.4. The number of hydrogen-bond acceptors (Lipinski definition) is 3. The molecule has 0 saturated heterocycles. The van der Waals surface area contributed by atoms with Crippen LogP contribution in [0.4, 0.5) is 0 Å². The summed E-state index contributed by atoms with van der Waals surface area (Å²) in [6, 6.07) is 19.0. The minimum absolute atomic E-state index is 0.678. The first kappa shape index (κ1) is 18.2. The minimum Gasteiger partial charge on any atom is -0.494 e. The van der Waals surface area contributed by atoms with Crippen molar-refractivity contribution < 1.29 is 9.16 Å². The molecule has 0 aliphatic rings. The molecule has 0 bridgehead atoms. The van der Waals surface area contributed by atoms with E-state index in [0.717, 1.165) is 42.6 Å². The molecule has 0 amide bonds. The SMILES string of the molecule is CCO[Si](C)(C)CCCOc1ccc(-c2ccc(C#N)cc2)cc1. The van der Waals surface area contributed by atoms with Crippen molar-refractivity contribution in [1.29, 1.82) is 5.26 Å². The number of rotatable bonds is 8. The molecule has 0 heterocycles. The van der Waals surface area contributed by atoms with Gasteiger partial charge in [-0.3, -0.25) is 0 Å². The van der Waals surface area contributed by atoms with Gasteiger partial charge in [-0.15, -0.1) is 0 Å². The Bertz CT molecular complexity index is 672. The van der Waals surface area contributed by atoms with Crippen LogP contribution in [0.2, 0.25) is 19.1 Å². The maximum atomic E-state index is 8.85. The Morgan fingerprint density at radius 3 is 2.08 bits per heavy atom. The van der Waals surface area contributed by atoms with Gasteiger partial charge in [0.15, 0.2) is 8.32 Å². The summed E-state index contributed by atoms with van der Waals surface area (Å²) in [5.41, 5.74) is 2.90. The lowest BCUT2D eigenvalue weighted by molar-refractivity contribution is 0.301. The predicted octanol–water partition coefficient (Wildman–Crippen LogP) is 5.24. The van der Waals surface area contributed by atoms with Crippen molar-refractivity contribution in [2.45, 2.75) is 32.5 Å². The molecule has 0 spiro atoms. The number of nitrogens with zero attached hydrogens (tertiary/aromatic N) is 1. The maximum Gasteiger partial charge on any atom is 0.186 e. The second-order valence-corrected chi connectivity index (χ2v) is 10.7. The van der Waals surface area contributed by atoms with E-state index < -0.39 is 8.32 Å². The Morgan fingerprint density at radius 1 is 0.958 bits per heavy atom. The van der Waals surface area contributed by atoms with Gasteiger partial charge in [0, 0.05) is 6.61 Å². The Labute approximate surface area is 146 Å². The highest BCUT2D eigenvalue weighted by Gasteiger charge is 2.20. The lowest BCUT2D eigenvalue weighted by Gasteiger charge is -2.21. The molecule has 126 valence electrons. The third-order valence-corrected chi connectivity index (χ3v) is 6.56. The molecule has 0 atom stereocenters. The van der Waals surface area contributed by atoms with E-state index >= 15 is 0 Å². The van der Waals surface area contributed by atoms with Crippen LogP contribution in [-0.2, 0) is 4.43 Å². The first-order chi connectivity index (χ1) is 11.5. The van der Waals surface area contributed by atoms with Crippen LogP contribution < -0.4 is 4.74 Å². The second-order valence-electron chi connectivity index (χ2n) is 6.36. The summed E-state index contributed by atoms with van der Waals surface area (Å²) in [6.07, 6.45) is 1.02. The van der Waals surface area contributed by atoms with Crippen molar-refractivity contribution in [1.82, 2.24) is 0 Å². The molecule has 0 N–H and O–H groups in total. The zero-order valence-electron chi connectivity index (χ0n) is 14.7. The lowest BCUT2D eigenvalue weighted by Crippen LogP contribution is -2.30. The molecule has 3 nitrogen and oxygen atoms in total. The summed E-state index contributed by atoms with van der Waals surface area (Å²) in [7, 11) is -1.51. The van der Waals surface area contributed by atoms with Crippen molar-refractivity contribution in [3.8, 4) is 22.9 Å². The average Bonchev–Trinajstić information content (AvgIpc) is 2.59. The van der Waals surface area contributed by atoms with Crippen molar-refractivity contribution in [2.75, 3.05) is 13.2 Å². The molecular formula is C20H25NO2Si. The van der Waals surface area contributed by atoms with Gasteiger partial charge in [0.05, 0.1) is 18.2 Å². The van der Waals surface area contributed by atoms with E-state index in [1.165, 1.54) is 0 Å². The van der Waals surface area contributed by atoms with Gasteiger partial charge < -0.3 is 9.16 Å². The molecule has 4 heteroatoms. The summed E-state index contributed by atoms with van der Waals surface area (Å²) in [5.74, 6) is 0.892. The van der Waals surface area contributed by atoms with Gasteiger partial charge in [-0.2, -0.15) is 5.26 Å². The normalized spacial score (nSPS) is 11.1. The molecule has 0 saturated carbocycles. The molecule has 0 fully saturated rings. The Kier molecular flexibility index (Phi) is 6.59. The predicted molar refractivity (Wildman–Crippen MR) is 101 cm³/mol. The van der Waals surface area contributed by atoms with Gasteiger partial charge in [0.2, 0.25) is 0 Å². The summed E-state index contributed by atoms with van der Waals surface area (Å²) in [5, 5.41) is 8.85. The van der Waals surface area contributed by atoms with Crippen LogP contribution in [0, 0.1) is 11.3 Å². The van der Waals surface area contributed by atoms with E-state index in [4.69, 9.17) is 14.4 Å². The van der Waals surface area contributed by atoms with Gasteiger partial charge in [-0.05, 0) is 67.9 Å². The second kappa shape index (κ2) is 8.67. The largest absolute Gasteiger partial charge is 0.494 e. The molecule has 2 rings (SSSR count). The van der Waals surface area contributed by atoms with Crippen molar-refractivity contribution in [2.24, 2.45) is 0 Å². The quantitative estimate of drug-likeness (QED) is 0.488. The molecular weight excluding hydrogens is 314 g/mol. The van der Waals surface area contributed by atoms with Gasteiger partial charge in [0.1, 0.15) is 5.75 Å². The third kappa shape index (κ3) is 5.52. The standard InChI is InChI=1S/C20H25NO2Si/c1-4-23-24(2,3)15-5-14-22-20-12-10-19(11-13-20)18-8-6-17(16-21)7-9-18/h6-13H,4-5,14-15H2,1-3H3. The molecule has 0 aliphatic carbocycles. The van der Waals surface area contributed by atoms with Crippen LogP contribution >= 0.6 is 0 Å². The maximum absolute atomic E-state index is 8.85. The van der Waals surface area contributed by atoms with E-state index in [2.05, 4.69) is 38.2 Å². The van der Waals surface area contributed by atoms with Crippen LogP contribution in [0.25, 0.3) is 11.1 Å². The summed E-state index contributed by atoms with van der Waals surface area (Å²) in [4.78, 5) is 0. The lowest BCUT2D eigenvalue weighted by atomic mass is 10.0. The fourth-order valence-corrected chi connectivity index (χ4v) is 4.55.